The minimum atomic E-state index is -0.220. The molecule has 6 rings (SSSR count). The number of amides is 2. The largest absolute Gasteiger partial charge is 0.366 e. The van der Waals surface area contributed by atoms with Gasteiger partial charge in [0.15, 0.2) is 5.65 Å². The second kappa shape index (κ2) is 11.6. The third kappa shape index (κ3) is 5.54. The molecule has 1 unspecified atom stereocenters. The number of fused-ring (bicyclic) bond motifs is 1. The molecule has 1 fully saturated rings. The second-order valence-electron chi connectivity index (χ2n) is 10.3. The van der Waals surface area contributed by atoms with Gasteiger partial charge in [-0.2, -0.15) is 9.61 Å². The number of nitrogens with one attached hydrogen (secondary N) is 2. The van der Waals surface area contributed by atoms with E-state index in [-0.39, 0.29) is 18.0 Å². The monoisotopic (exact) mass is 529 g/mol. The number of hydrogen-bond acceptors (Lipinski definition) is 5. The molecule has 1 aliphatic rings. The van der Waals surface area contributed by atoms with Crippen molar-refractivity contribution in [2.75, 3.05) is 18.4 Å². The van der Waals surface area contributed by atoms with Crippen molar-refractivity contribution in [1.29, 1.82) is 0 Å². The molecule has 4 heterocycles. The van der Waals surface area contributed by atoms with Gasteiger partial charge in [0.25, 0.3) is 0 Å². The number of urea groups is 1. The zero-order chi connectivity index (χ0) is 27.3. The molecular weight excluding hydrogens is 497 g/mol. The lowest BCUT2D eigenvalue weighted by Gasteiger charge is -2.34. The molecule has 40 heavy (non-hydrogen) atoms. The number of pyridine rings is 1. The van der Waals surface area contributed by atoms with E-state index in [9.17, 15) is 4.79 Å². The first-order valence-electron chi connectivity index (χ1n) is 13.8. The molecule has 3 aromatic heterocycles. The van der Waals surface area contributed by atoms with E-state index in [2.05, 4.69) is 51.0 Å². The van der Waals surface area contributed by atoms with Gasteiger partial charge >= 0.3 is 6.03 Å². The highest BCUT2D eigenvalue weighted by Crippen LogP contribution is 2.29. The Bertz CT molecular complexity index is 1540. The van der Waals surface area contributed by atoms with Crippen molar-refractivity contribution in [3.63, 3.8) is 0 Å². The number of piperidine rings is 1. The van der Waals surface area contributed by atoms with E-state index in [1.165, 1.54) is 0 Å². The molecule has 0 spiro atoms. The smallest absolute Gasteiger partial charge is 0.318 e. The van der Waals surface area contributed by atoms with Gasteiger partial charge in [0.2, 0.25) is 0 Å². The number of nitrogens with zero attached hydrogens (tertiary/aromatic N) is 5. The molecule has 0 bridgehead atoms. The maximum Gasteiger partial charge on any atom is 0.318 e. The molecule has 9 heteroatoms. The fourth-order valence-corrected chi connectivity index (χ4v) is 5.39. The molecule has 1 aliphatic heterocycles. The van der Waals surface area contributed by atoms with Gasteiger partial charge in [0, 0.05) is 50.2 Å². The molecule has 0 saturated carbocycles. The molecule has 2 aromatic carbocycles. The van der Waals surface area contributed by atoms with Gasteiger partial charge in [-0.3, -0.25) is 4.98 Å². The van der Waals surface area contributed by atoms with Crippen LogP contribution in [0, 0.1) is 0 Å². The van der Waals surface area contributed by atoms with Gasteiger partial charge in [0.1, 0.15) is 13.7 Å². The first-order chi connectivity index (χ1) is 19.7. The minimum Gasteiger partial charge on any atom is -0.366 e. The van der Waals surface area contributed by atoms with Crippen molar-refractivity contribution < 1.29 is 4.79 Å². The summed E-state index contributed by atoms with van der Waals surface area (Å²) in [7, 11) is 2.03. The number of rotatable bonds is 7. The zero-order valence-corrected chi connectivity index (χ0v) is 22.6. The minimum absolute atomic E-state index is 0.0565. The molecule has 2 amide bonds. The number of benzene rings is 2. The van der Waals surface area contributed by atoms with E-state index in [1.54, 1.807) is 6.20 Å². The van der Waals surface area contributed by atoms with Crippen LogP contribution >= 0.6 is 0 Å². The van der Waals surface area contributed by atoms with Crippen LogP contribution in [-0.4, -0.2) is 51.4 Å². The normalized spacial score (nSPS) is 15.3. The van der Waals surface area contributed by atoms with Gasteiger partial charge in [-0.05, 0) is 41.1 Å². The fourth-order valence-electron chi connectivity index (χ4n) is 5.39. The van der Waals surface area contributed by atoms with Crippen molar-refractivity contribution in [2.45, 2.75) is 31.3 Å². The molecule has 200 valence electrons. The second-order valence-corrected chi connectivity index (χ2v) is 10.3. The van der Waals surface area contributed by atoms with E-state index < -0.39 is 0 Å². The SMILES string of the molecule is Bc1cnn2c(NCc3cccnc3)cc(C3CCCN(C(=O)NC(c4ccccc4)c4ccccc4)C3)nc12. The summed E-state index contributed by atoms with van der Waals surface area (Å²) < 4.78 is 1.85. The molecule has 0 radical (unpaired) electrons. The predicted octanol–water partition coefficient (Wildman–Crippen LogP) is 3.67. The van der Waals surface area contributed by atoms with Gasteiger partial charge < -0.3 is 15.5 Å². The number of anilines is 1. The van der Waals surface area contributed by atoms with Crippen molar-refractivity contribution in [2.24, 2.45) is 0 Å². The lowest BCUT2D eigenvalue weighted by Crippen LogP contribution is -2.46. The Labute approximate surface area is 234 Å². The quantitative estimate of drug-likeness (QED) is 0.314. The first kappa shape index (κ1) is 25.6. The maximum atomic E-state index is 13.6. The summed E-state index contributed by atoms with van der Waals surface area (Å²) in [6, 6.07) is 26.0. The Morgan fingerprint density at radius 3 is 2.45 bits per heavy atom. The third-order valence-electron chi connectivity index (χ3n) is 7.52. The van der Waals surface area contributed by atoms with Crippen molar-refractivity contribution in [1.82, 2.24) is 29.8 Å². The van der Waals surface area contributed by atoms with Crippen LogP contribution in [0.25, 0.3) is 5.65 Å². The van der Waals surface area contributed by atoms with Crippen molar-refractivity contribution in [3.05, 3.63) is 120 Å². The highest BCUT2D eigenvalue weighted by Gasteiger charge is 2.28. The van der Waals surface area contributed by atoms with Crippen molar-refractivity contribution in [3.8, 4) is 0 Å². The Kier molecular flexibility index (Phi) is 7.44. The topological polar surface area (TPSA) is 87.5 Å². The van der Waals surface area contributed by atoms with Crippen LogP contribution in [0.2, 0.25) is 0 Å². The summed E-state index contributed by atoms with van der Waals surface area (Å²) in [5, 5.41) is 11.4. The number of hydrogen-bond donors (Lipinski definition) is 2. The summed E-state index contributed by atoms with van der Waals surface area (Å²) in [5.74, 6) is 1.01. The van der Waals surface area contributed by atoms with E-state index >= 15 is 0 Å². The third-order valence-corrected chi connectivity index (χ3v) is 7.52. The summed E-state index contributed by atoms with van der Waals surface area (Å²) in [4.78, 5) is 24.8. The Morgan fingerprint density at radius 1 is 1.00 bits per heavy atom. The van der Waals surface area contributed by atoms with Gasteiger partial charge in [-0.25, -0.2) is 9.78 Å². The maximum absolute atomic E-state index is 13.6. The molecular formula is C31H32BN7O. The lowest BCUT2D eigenvalue weighted by atomic mass is 9.94. The van der Waals surface area contributed by atoms with E-state index in [0.29, 0.717) is 13.1 Å². The van der Waals surface area contributed by atoms with Crippen LogP contribution in [0.15, 0.2) is 97.5 Å². The fraction of sp³-hybridized carbons (Fsp3) is 0.226. The average Bonchev–Trinajstić information content (AvgIpc) is 3.40. The molecule has 2 N–H and O–H groups in total. The number of aromatic nitrogens is 4. The summed E-state index contributed by atoms with van der Waals surface area (Å²) in [6.45, 7) is 1.96. The first-order valence-corrected chi connectivity index (χ1v) is 13.8. The molecule has 0 aliphatic carbocycles. The van der Waals surface area contributed by atoms with E-state index in [1.807, 2.05) is 78.2 Å². The van der Waals surface area contributed by atoms with Crippen LogP contribution in [0.4, 0.5) is 10.6 Å². The van der Waals surface area contributed by atoms with Crippen LogP contribution < -0.4 is 16.1 Å². The molecule has 8 nitrogen and oxygen atoms in total. The summed E-state index contributed by atoms with van der Waals surface area (Å²) >= 11 is 0. The number of carbonyl (C=O) groups is 1. The lowest BCUT2D eigenvalue weighted by molar-refractivity contribution is 0.177. The van der Waals surface area contributed by atoms with E-state index in [0.717, 1.165) is 58.7 Å². The van der Waals surface area contributed by atoms with Crippen LogP contribution in [0.5, 0.6) is 0 Å². The summed E-state index contributed by atoms with van der Waals surface area (Å²) in [5.41, 5.74) is 6.03. The number of likely N-dealkylation sites (tertiary alicyclic amines) is 1. The predicted molar refractivity (Wildman–Crippen MR) is 160 cm³/mol. The van der Waals surface area contributed by atoms with Gasteiger partial charge in [-0.1, -0.05) is 66.7 Å². The van der Waals surface area contributed by atoms with E-state index in [4.69, 9.17) is 4.98 Å². The average molecular weight is 529 g/mol. The Balaban J connectivity index is 1.22. The highest BCUT2D eigenvalue weighted by molar-refractivity contribution is 6.36. The Morgan fingerprint density at radius 2 is 1.75 bits per heavy atom. The Hall–Kier alpha value is -4.66. The molecule has 5 aromatic rings. The van der Waals surface area contributed by atoms with Gasteiger partial charge in [0.05, 0.1) is 11.7 Å². The standard InChI is InChI=1S/C31H32BN7O/c32-26-20-35-39-28(34-19-22-9-7-15-33-18-22)17-27(36-30(26)39)25-14-8-16-38(21-25)31(40)37-29(23-10-3-1-4-11-23)24-12-5-2-6-13-24/h1-7,9-13,15,17-18,20,25,29,34H,8,14,16,19,21,32H2,(H,37,40). The summed E-state index contributed by atoms with van der Waals surface area (Å²) in [6.07, 6.45) is 7.37. The molecule has 1 atom stereocenters. The van der Waals surface area contributed by atoms with Crippen LogP contribution in [-0.2, 0) is 6.54 Å². The van der Waals surface area contributed by atoms with Crippen molar-refractivity contribution >= 4 is 30.8 Å². The van der Waals surface area contributed by atoms with Crippen LogP contribution in [0.3, 0.4) is 0 Å². The van der Waals surface area contributed by atoms with Crippen LogP contribution in [0.1, 0.15) is 47.2 Å². The van der Waals surface area contributed by atoms with Gasteiger partial charge in [-0.15, -0.1) is 0 Å². The zero-order valence-electron chi connectivity index (χ0n) is 22.6. The number of carbonyl (C=O) groups excluding carboxylic acids is 1. The highest BCUT2D eigenvalue weighted by atomic mass is 16.2. The molecule has 1 saturated heterocycles.